The van der Waals surface area contributed by atoms with Gasteiger partial charge in [-0.25, -0.2) is 9.99 Å². The van der Waals surface area contributed by atoms with Gasteiger partial charge in [-0.3, -0.25) is 5.43 Å². The first-order chi connectivity index (χ1) is 6.34. The number of hydrazine groups is 1. The van der Waals surface area contributed by atoms with Gasteiger partial charge in [0.15, 0.2) is 5.13 Å². The lowest BCUT2D eigenvalue weighted by Crippen LogP contribution is -2.40. The van der Waals surface area contributed by atoms with Crippen molar-refractivity contribution in [2.75, 3.05) is 31.7 Å². The topological polar surface area (TPSA) is 37.4 Å². The fourth-order valence-electron chi connectivity index (χ4n) is 1.12. The van der Waals surface area contributed by atoms with E-state index in [0.29, 0.717) is 0 Å². The number of thiazole rings is 1. The first kappa shape index (κ1) is 9.39. The summed E-state index contributed by atoms with van der Waals surface area (Å²) >= 11 is 4.90. The lowest BCUT2D eigenvalue weighted by molar-refractivity contribution is 0.0497. The highest BCUT2D eigenvalue weighted by Gasteiger charge is 2.10. The molecule has 1 fully saturated rings. The van der Waals surface area contributed by atoms with Gasteiger partial charge in [-0.05, 0) is 15.9 Å². The summed E-state index contributed by atoms with van der Waals surface area (Å²) in [5, 5.41) is 5.01. The van der Waals surface area contributed by atoms with Crippen LogP contribution in [0.3, 0.4) is 0 Å². The molecule has 1 aliphatic heterocycles. The molecule has 2 rings (SSSR count). The quantitative estimate of drug-likeness (QED) is 0.879. The second-order valence-corrected chi connectivity index (χ2v) is 4.36. The zero-order chi connectivity index (χ0) is 9.10. The third-order valence-electron chi connectivity index (χ3n) is 1.74. The van der Waals surface area contributed by atoms with E-state index in [1.807, 2.05) is 5.38 Å². The largest absolute Gasteiger partial charge is 0.379 e. The fourth-order valence-corrected chi connectivity index (χ4v) is 2.29. The minimum atomic E-state index is 0.791. The standard InChI is InChI=1S/C7H10BrN3OS/c8-6-5-13-7(9-6)10-11-1-3-12-4-2-11/h5H,1-4H2,(H,9,10). The number of ether oxygens (including phenoxy) is 1. The molecule has 0 aromatic carbocycles. The summed E-state index contributed by atoms with van der Waals surface area (Å²) in [6, 6.07) is 0. The molecule has 0 radical (unpaired) electrons. The maximum atomic E-state index is 5.23. The second kappa shape index (κ2) is 4.36. The lowest BCUT2D eigenvalue weighted by Gasteiger charge is -2.26. The molecule has 13 heavy (non-hydrogen) atoms. The summed E-state index contributed by atoms with van der Waals surface area (Å²) in [6.07, 6.45) is 0. The van der Waals surface area contributed by atoms with Crippen molar-refractivity contribution in [2.24, 2.45) is 0 Å². The molecule has 2 heterocycles. The monoisotopic (exact) mass is 263 g/mol. The molecule has 0 saturated carbocycles. The molecule has 6 heteroatoms. The van der Waals surface area contributed by atoms with E-state index in [4.69, 9.17) is 4.74 Å². The average Bonchev–Trinajstić information content (AvgIpc) is 2.53. The lowest BCUT2D eigenvalue weighted by atomic mass is 10.5. The van der Waals surface area contributed by atoms with Gasteiger partial charge in [0.25, 0.3) is 0 Å². The highest BCUT2D eigenvalue weighted by Crippen LogP contribution is 2.19. The third-order valence-corrected chi connectivity index (χ3v) is 3.20. The number of anilines is 1. The molecule has 0 atom stereocenters. The van der Waals surface area contributed by atoms with Gasteiger partial charge in [0.1, 0.15) is 4.60 Å². The van der Waals surface area contributed by atoms with E-state index in [0.717, 1.165) is 36.0 Å². The van der Waals surface area contributed by atoms with Gasteiger partial charge in [0.2, 0.25) is 0 Å². The fraction of sp³-hybridized carbons (Fsp3) is 0.571. The van der Waals surface area contributed by atoms with E-state index < -0.39 is 0 Å². The minimum absolute atomic E-state index is 0.791. The molecule has 0 bridgehead atoms. The van der Waals surface area contributed by atoms with Crippen LogP contribution < -0.4 is 5.43 Å². The van der Waals surface area contributed by atoms with Crippen molar-refractivity contribution in [3.05, 3.63) is 9.98 Å². The molecule has 0 amide bonds. The number of nitrogens with zero attached hydrogens (tertiary/aromatic N) is 2. The number of nitrogens with one attached hydrogen (secondary N) is 1. The van der Waals surface area contributed by atoms with Crippen molar-refractivity contribution >= 4 is 32.4 Å². The Morgan fingerprint density at radius 2 is 2.31 bits per heavy atom. The first-order valence-corrected chi connectivity index (χ1v) is 5.72. The summed E-state index contributed by atoms with van der Waals surface area (Å²) < 4.78 is 6.12. The van der Waals surface area contributed by atoms with Gasteiger partial charge in [0, 0.05) is 18.5 Å². The molecular weight excluding hydrogens is 254 g/mol. The Bertz CT molecular complexity index is 274. The van der Waals surface area contributed by atoms with E-state index in [9.17, 15) is 0 Å². The van der Waals surface area contributed by atoms with E-state index in [1.54, 1.807) is 11.3 Å². The summed E-state index contributed by atoms with van der Waals surface area (Å²) in [5.41, 5.74) is 3.23. The van der Waals surface area contributed by atoms with Crippen LogP contribution in [0, 0.1) is 0 Å². The summed E-state index contributed by atoms with van der Waals surface area (Å²) in [5.74, 6) is 0. The van der Waals surface area contributed by atoms with Crippen LogP contribution in [0.1, 0.15) is 0 Å². The highest BCUT2D eigenvalue weighted by atomic mass is 79.9. The maximum absolute atomic E-state index is 5.23. The van der Waals surface area contributed by atoms with Gasteiger partial charge >= 0.3 is 0 Å². The molecule has 1 aromatic heterocycles. The van der Waals surface area contributed by atoms with Crippen molar-refractivity contribution in [1.29, 1.82) is 0 Å². The molecule has 4 nitrogen and oxygen atoms in total. The SMILES string of the molecule is Brc1csc(NN2CCOCC2)n1. The Labute approximate surface area is 89.0 Å². The van der Waals surface area contributed by atoms with Crippen LogP contribution in [-0.4, -0.2) is 36.3 Å². The minimum Gasteiger partial charge on any atom is -0.379 e. The van der Waals surface area contributed by atoms with Gasteiger partial charge in [-0.15, -0.1) is 11.3 Å². The number of aromatic nitrogens is 1. The molecular formula is C7H10BrN3OS. The van der Waals surface area contributed by atoms with Crippen molar-refractivity contribution in [2.45, 2.75) is 0 Å². The van der Waals surface area contributed by atoms with Crippen molar-refractivity contribution < 1.29 is 4.74 Å². The van der Waals surface area contributed by atoms with Gasteiger partial charge in [0.05, 0.1) is 13.2 Å². The van der Waals surface area contributed by atoms with Crippen LogP contribution in [0.15, 0.2) is 9.98 Å². The molecule has 0 unspecified atom stereocenters. The third kappa shape index (κ3) is 2.63. The smallest absolute Gasteiger partial charge is 0.198 e. The number of hydrogen-bond donors (Lipinski definition) is 1. The Morgan fingerprint density at radius 3 is 2.92 bits per heavy atom. The van der Waals surface area contributed by atoms with Crippen molar-refractivity contribution in [1.82, 2.24) is 9.99 Å². The number of rotatable bonds is 2. The molecule has 0 spiro atoms. The van der Waals surface area contributed by atoms with Gasteiger partial charge in [-0.2, -0.15) is 0 Å². The molecule has 1 aromatic rings. The molecule has 1 saturated heterocycles. The van der Waals surface area contributed by atoms with Crippen LogP contribution in [0.25, 0.3) is 0 Å². The summed E-state index contributed by atoms with van der Waals surface area (Å²) in [6.45, 7) is 3.41. The predicted molar refractivity (Wildman–Crippen MR) is 55.8 cm³/mol. The Morgan fingerprint density at radius 1 is 1.54 bits per heavy atom. The molecule has 0 aliphatic carbocycles. The highest BCUT2D eigenvalue weighted by molar-refractivity contribution is 9.10. The Hall–Kier alpha value is -0.170. The molecule has 1 aliphatic rings. The van der Waals surface area contributed by atoms with Gasteiger partial charge < -0.3 is 4.74 Å². The normalized spacial score (nSPS) is 18.8. The van der Waals surface area contributed by atoms with Crippen LogP contribution >= 0.6 is 27.3 Å². The van der Waals surface area contributed by atoms with Crippen molar-refractivity contribution in [3.63, 3.8) is 0 Å². The van der Waals surface area contributed by atoms with E-state index in [-0.39, 0.29) is 0 Å². The predicted octanol–water partition coefficient (Wildman–Crippen LogP) is 1.56. The number of morpholine rings is 1. The van der Waals surface area contributed by atoms with Crippen molar-refractivity contribution in [3.8, 4) is 0 Å². The van der Waals surface area contributed by atoms with E-state index in [2.05, 4.69) is 31.3 Å². The second-order valence-electron chi connectivity index (χ2n) is 2.69. The molecule has 1 N–H and O–H groups in total. The van der Waals surface area contributed by atoms with Crippen LogP contribution in [0.5, 0.6) is 0 Å². The zero-order valence-corrected chi connectivity index (χ0v) is 9.40. The maximum Gasteiger partial charge on any atom is 0.198 e. The van der Waals surface area contributed by atoms with Gasteiger partial charge in [-0.1, -0.05) is 0 Å². The zero-order valence-electron chi connectivity index (χ0n) is 6.99. The number of hydrogen-bond acceptors (Lipinski definition) is 5. The first-order valence-electron chi connectivity index (χ1n) is 4.05. The summed E-state index contributed by atoms with van der Waals surface area (Å²) in [7, 11) is 0. The van der Waals surface area contributed by atoms with Crippen LogP contribution in [0.4, 0.5) is 5.13 Å². The Kier molecular flexibility index (Phi) is 3.15. The van der Waals surface area contributed by atoms with E-state index >= 15 is 0 Å². The van der Waals surface area contributed by atoms with Crippen LogP contribution in [-0.2, 0) is 4.74 Å². The Balaban J connectivity index is 1.89. The molecule has 72 valence electrons. The van der Waals surface area contributed by atoms with E-state index in [1.165, 1.54) is 0 Å². The van der Waals surface area contributed by atoms with Crippen LogP contribution in [0.2, 0.25) is 0 Å². The average molecular weight is 264 g/mol. The summed E-state index contributed by atoms with van der Waals surface area (Å²) in [4.78, 5) is 4.25. The number of halogens is 1.